The van der Waals surface area contributed by atoms with Crippen molar-refractivity contribution in [2.45, 2.75) is 17.6 Å². The minimum atomic E-state index is -3.32. The zero-order valence-electron chi connectivity index (χ0n) is 11.1. The number of carbonyl (C=O) groups excluding carboxylic acids is 1. The average molecular weight is 299 g/mol. The molecule has 2 heterocycles. The number of morpholine rings is 1. The highest BCUT2D eigenvalue weighted by molar-refractivity contribution is 7.90. The number of anilines is 1. The maximum absolute atomic E-state index is 11.8. The molecule has 1 aromatic rings. The van der Waals surface area contributed by atoms with Gasteiger partial charge in [0, 0.05) is 19.3 Å². The van der Waals surface area contributed by atoms with Crippen LogP contribution in [-0.2, 0) is 19.4 Å². The van der Waals surface area contributed by atoms with Crippen molar-refractivity contribution in [3.05, 3.63) is 18.3 Å². The quantitative estimate of drug-likeness (QED) is 0.799. The maximum Gasteiger partial charge on any atom is 0.227 e. The molecule has 0 radical (unpaired) electrons. The van der Waals surface area contributed by atoms with Gasteiger partial charge in [-0.2, -0.15) is 0 Å². The Morgan fingerprint density at radius 2 is 2.35 bits per heavy atom. The Morgan fingerprint density at radius 1 is 1.55 bits per heavy atom. The molecule has 0 aliphatic carbocycles. The Morgan fingerprint density at radius 3 is 2.90 bits per heavy atom. The van der Waals surface area contributed by atoms with E-state index < -0.39 is 9.84 Å². The number of carbonyl (C=O) groups is 1. The maximum atomic E-state index is 11.8. The van der Waals surface area contributed by atoms with Crippen molar-refractivity contribution in [3.8, 4) is 0 Å². The number of nitrogens with zero attached hydrogens (tertiary/aromatic N) is 1. The summed E-state index contributed by atoms with van der Waals surface area (Å²) in [6, 6.07) is 2.88. The molecule has 0 saturated carbocycles. The summed E-state index contributed by atoms with van der Waals surface area (Å²) in [5.41, 5.74) is 0.464. The lowest BCUT2D eigenvalue weighted by molar-refractivity contribution is -0.119. The van der Waals surface area contributed by atoms with Gasteiger partial charge in [0.05, 0.1) is 31.0 Å². The van der Waals surface area contributed by atoms with Crippen molar-refractivity contribution >= 4 is 21.4 Å². The Bertz CT molecular complexity index is 565. The van der Waals surface area contributed by atoms with Crippen LogP contribution in [0, 0.1) is 0 Å². The van der Waals surface area contributed by atoms with Gasteiger partial charge in [-0.3, -0.25) is 4.79 Å². The van der Waals surface area contributed by atoms with Crippen LogP contribution in [0.4, 0.5) is 5.69 Å². The van der Waals surface area contributed by atoms with Crippen LogP contribution < -0.4 is 10.6 Å². The summed E-state index contributed by atoms with van der Waals surface area (Å²) in [6.45, 7) is 2.05. The molecule has 1 aliphatic heterocycles. The van der Waals surface area contributed by atoms with Crippen molar-refractivity contribution in [1.82, 2.24) is 10.3 Å². The third kappa shape index (κ3) is 4.26. The number of pyridine rings is 1. The highest BCUT2D eigenvalue weighted by Gasteiger charge is 2.17. The molecule has 8 heteroatoms. The van der Waals surface area contributed by atoms with Gasteiger partial charge in [-0.05, 0) is 12.1 Å². The second kappa shape index (κ2) is 6.29. The molecule has 20 heavy (non-hydrogen) atoms. The first-order valence-electron chi connectivity index (χ1n) is 6.23. The molecule has 2 rings (SSSR count). The number of hydrogen-bond donors (Lipinski definition) is 2. The molecule has 2 N–H and O–H groups in total. The van der Waals surface area contributed by atoms with Crippen molar-refractivity contribution < 1.29 is 17.9 Å². The topological polar surface area (TPSA) is 97.4 Å². The first kappa shape index (κ1) is 14.9. The summed E-state index contributed by atoms with van der Waals surface area (Å²) < 4.78 is 27.9. The van der Waals surface area contributed by atoms with E-state index in [-0.39, 0.29) is 23.5 Å². The van der Waals surface area contributed by atoms with Crippen LogP contribution in [0.1, 0.15) is 6.42 Å². The fraction of sp³-hybridized carbons (Fsp3) is 0.500. The summed E-state index contributed by atoms with van der Waals surface area (Å²) >= 11 is 0. The van der Waals surface area contributed by atoms with Crippen LogP contribution in [0.3, 0.4) is 0 Å². The predicted octanol–water partition coefficient (Wildman–Crippen LogP) is -0.198. The zero-order valence-corrected chi connectivity index (χ0v) is 11.9. The van der Waals surface area contributed by atoms with E-state index in [1.54, 1.807) is 0 Å². The van der Waals surface area contributed by atoms with Crippen molar-refractivity contribution in [3.63, 3.8) is 0 Å². The molecule has 0 aromatic carbocycles. The van der Waals surface area contributed by atoms with Gasteiger partial charge in [-0.1, -0.05) is 0 Å². The normalized spacial score (nSPS) is 19.6. The molecular formula is C12H17N3O4S. The van der Waals surface area contributed by atoms with Crippen LogP contribution in [0.5, 0.6) is 0 Å². The standard InChI is InChI=1S/C12H17N3O4S/c1-20(17,18)12-3-2-9(7-14-12)15-11(16)6-10-8-13-4-5-19-10/h2-3,7,10,13H,4-6,8H2,1H3,(H,15,16). The second-order valence-corrected chi connectivity index (χ2v) is 6.57. The zero-order chi connectivity index (χ0) is 14.6. The SMILES string of the molecule is CS(=O)(=O)c1ccc(NC(=O)CC2CNCCO2)cn1. The number of nitrogens with one attached hydrogen (secondary N) is 2. The molecule has 1 fully saturated rings. The molecule has 1 unspecified atom stereocenters. The van der Waals surface area contributed by atoms with E-state index in [2.05, 4.69) is 15.6 Å². The predicted molar refractivity (Wildman–Crippen MR) is 73.2 cm³/mol. The van der Waals surface area contributed by atoms with Gasteiger partial charge >= 0.3 is 0 Å². The third-order valence-corrected chi connectivity index (χ3v) is 3.82. The lowest BCUT2D eigenvalue weighted by atomic mass is 10.2. The Labute approximate surface area is 117 Å². The molecule has 7 nitrogen and oxygen atoms in total. The largest absolute Gasteiger partial charge is 0.375 e. The number of amides is 1. The van der Waals surface area contributed by atoms with Gasteiger partial charge < -0.3 is 15.4 Å². The number of ether oxygens (including phenoxy) is 1. The van der Waals surface area contributed by atoms with Crippen LogP contribution >= 0.6 is 0 Å². The minimum absolute atomic E-state index is 0.0182. The second-order valence-electron chi connectivity index (χ2n) is 4.61. The first-order chi connectivity index (χ1) is 9.45. The van der Waals surface area contributed by atoms with E-state index >= 15 is 0 Å². The van der Waals surface area contributed by atoms with Crippen LogP contribution in [0.25, 0.3) is 0 Å². The lowest BCUT2D eigenvalue weighted by Gasteiger charge is -2.23. The van der Waals surface area contributed by atoms with E-state index in [4.69, 9.17) is 4.74 Å². The summed E-state index contributed by atoms with van der Waals surface area (Å²) in [6.07, 6.45) is 2.53. The molecule has 1 saturated heterocycles. The van der Waals surface area contributed by atoms with Gasteiger partial charge in [-0.25, -0.2) is 13.4 Å². The molecular weight excluding hydrogens is 282 g/mol. The van der Waals surface area contributed by atoms with Crippen molar-refractivity contribution in [1.29, 1.82) is 0 Å². The monoisotopic (exact) mass is 299 g/mol. The Hall–Kier alpha value is -1.51. The van der Waals surface area contributed by atoms with E-state index in [0.29, 0.717) is 18.8 Å². The molecule has 1 aromatic heterocycles. The lowest BCUT2D eigenvalue weighted by Crippen LogP contribution is -2.40. The molecule has 1 atom stereocenters. The molecule has 0 bridgehead atoms. The summed E-state index contributed by atoms with van der Waals surface area (Å²) in [4.78, 5) is 15.6. The number of hydrogen-bond acceptors (Lipinski definition) is 6. The van der Waals surface area contributed by atoms with Gasteiger partial charge in [0.2, 0.25) is 5.91 Å². The number of sulfone groups is 1. The summed E-state index contributed by atoms with van der Waals surface area (Å²) in [5, 5.41) is 5.79. The van der Waals surface area contributed by atoms with E-state index in [1.807, 2.05) is 0 Å². The Kier molecular flexibility index (Phi) is 4.69. The fourth-order valence-electron chi connectivity index (χ4n) is 1.84. The Balaban J connectivity index is 1.91. The smallest absolute Gasteiger partial charge is 0.227 e. The van der Waals surface area contributed by atoms with Gasteiger partial charge in [-0.15, -0.1) is 0 Å². The molecule has 1 amide bonds. The molecule has 1 aliphatic rings. The van der Waals surface area contributed by atoms with E-state index in [0.717, 1.165) is 12.8 Å². The summed E-state index contributed by atoms with van der Waals surface area (Å²) in [7, 11) is -3.32. The van der Waals surface area contributed by atoms with Crippen molar-refractivity contribution in [2.75, 3.05) is 31.3 Å². The number of aromatic nitrogens is 1. The average Bonchev–Trinajstić information content (AvgIpc) is 2.39. The highest BCUT2D eigenvalue weighted by Crippen LogP contribution is 2.11. The van der Waals surface area contributed by atoms with Crippen LogP contribution in [0.2, 0.25) is 0 Å². The third-order valence-electron chi connectivity index (χ3n) is 2.82. The minimum Gasteiger partial charge on any atom is -0.375 e. The van der Waals surface area contributed by atoms with Crippen LogP contribution in [-0.4, -0.2) is 51.4 Å². The van der Waals surface area contributed by atoms with Crippen LogP contribution in [0.15, 0.2) is 23.4 Å². The summed E-state index contributed by atoms with van der Waals surface area (Å²) in [5.74, 6) is -0.187. The number of rotatable bonds is 4. The molecule has 0 spiro atoms. The van der Waals surface area contributed by atoms with E-state index in [9.17, 15) is 13.2 Å². The van der Waals surface area contributed by atoms with E-state index in [1.165, 1.54) is 18.3 Å². The van der Waals surface area contributed by atoms with Gasteiger partial charge in [0.15, 0.2) is 14.9 Å². The van der Waals surface area contributed by atoms with Gasteiger partial charge in [0.25, 0.3) is 0 Å². The molecule has 110 valence electrons. The first-order valence-corrected chi connectivity index (χ1v) is 8.12. The highest BCUT2D eigenvalue weighted by atomic mass is 32.2. The van der Waals surface area contributed by atoms with Crippen molar-refractivity contribution in [2.24, 2.45) is 0 Å². The fourth-order valence-corrected chi connectivity index (χ4v) is 2.40. The van der Waals surface area contributed by atoms with Gasteiger partial charge in [0.1, 0.15) is 0 Å².